The van der Waals surface area contributed by atoms with E-state index in [1.54, 1.807) is 0 Å². The monoisotopic (exact) mass is 302 g/mol. The average molecular weight is 302 g/mol. The zero-order chi connectivity index (χ0) is 14.5. The van der Waals surface area contributed by atoms with E-state index in [-0.39, 0.29) is 5.91 Å². The average Bonchev–Trinajstić information content (AvgIpc) is 2.97. The Balaban J connectivity index is 1.57. The third kappa shape index (κ3) is 3.86. The van der Waals surface area contributed by atoms with Crippen molar-refractivity contribution in [1.29, 1.82) is 0 Å². The van der Waals surface area contributed by atoms with Crippen molar-refractivity contribution < 1.29 is 4.79 Å². The number of anilines is 1. The molecule has 5 nitrogen and oxygen atoms in total. The summed E-state index contributed by atoms with van der Waals surface area (Å²) >= 11 is 1.50. The van der Waals surface area contributed by atoms with Crippen molar-refractivity contribution in [3.8, 4) is 0 Å². The molecule has 1 fully saturated rings. The van der Waals surface area contributed by atoms with E-state index in [1.165, 1.54) is 11.3 Å². The first-order valence-electron chi connectivity index (χ1n) is 7.19. The summed E-state index contributed by atoms with van der Waals surface area (Å²) in [6, 6.07) is 9.70. The van der Waals surface area contributed by atoms with E-state index in [1.807, 2.05) is 30.3 Å². The van der Waals surface area contributed by atoms with Crippen LogP contribution >= 0.6 is 11.3 Å². The Bertz CT molecular complexity index is 593. The Morgan fingerprint density at radius 1 is 1.24 bits per heavy atom. The molecule has 1 aromatic carbocycles. The molecule has 0 bridgehead atoms. The largest absolute Gasteiger partial charge is 0.317 e. The van der Waals surface area contributed by atoms with Gasteiger partial charge in [0.25, 0.3) is 0 Å². The molecule has 1 aliphatic rings. The highest BCUT2D eigenvalue weighted by Gasteiger charge is 2.19. The fourth-order valence-electron chi connectivity index (χ4n) is 2.46. The van der Waals surface area contributed by atoms with Crippen molar-refractivity contribution in [2.75, 3.05) is 18.4 Å². The number of nitrogens with zero attached hydrogens (tertiary/aromatic N) is 2. The molecule has 6 heteroatoms. The van der Waals surface area contributed by atoms with Crippen LogP contribution in [0, 0.1) is 0 Å². The van der Waals surface area contributed by atoms with Gasteiger partial charge in [0.15, 0.2) is 0 Å². The summed E-state index contributed by atoms with van der Waals surface area (Å²) in [6.45, 7) is 2.06. The smallest absolute Gasteiger partial charge is 0.230 e. The molecule has 1 amide bonds. The maximum Gasteiger partial charge on any atom is 0.230 e. The Labute approximate surface area is 127 Å². The number of benzene rings is 1. The fourth-order valence-corrected chi connectivity index (χ4v) is 3.39. The number of rotatable bonds is 4. The van der Waals surface area contributed by atoms with Crippen molar-refractivity contribution >= 4 is 22.4 Å². The Kier molecular flexibility index (Phi) is 4.57. The molecule has 2 heterocycles. The lowest BCUT2D eigenvalue weighted by atomic mass is 9.99. The first kappa shape index (κ1) is 14.2. The number of carbonyl (C=O) groups is 1. The van der Waals surface area contributed by atoms with Gasteiger partial charge >= 0.3 is 0 Å². The summed E-state index contributed by atoms with van der Waals surface area (Å²) in [7, 11) is 0. The van der Waals surface area contributed by atoms with Crippen LogP contribution in [-0.2, 0) is 11.2 Å². The molecular weight excluding hydrogens is 284 g/mol. The van der Waals surface area contributed by atoms with Gasteiger partial charge in [0.1, 0.15) is 5.01 Å². The van der Waals surface area contributed by atoms with Crippen molar-refractivity contribution in [2.24, 2.45) is 0 Å². The van der Waals surface area contributed by atoms with Gasteiger partial charge in [0, 0.05) is 5.92 Å². The Morgan fingerprint density at radius 2 is 2.00 bits per heavy atom. The number of amides is 1. The molecule has 3 rings (SSSR count). The Hall–Kier alpha value is -1.79. The van der Waals surface area contributed by atoms with Gasteiger partial charge in [-0.1, -0.05) is 41.7 Å². The SMILES string of the molecule is O=C(Cc1ccccc1)Nc1nnc(C2CCNCC2)s1. The number of hydrogen-bond acceptors (Lipinski definition) is 5. The fraction of sp³-hybridized carbons (Fsp3) is 0.400. The van der Waals surface area contributed by atoms with Crippen LogP contribution in [-0.4, -0.2) is 29.2 Å². The predicted molar refractivity (Wildman–Crippen MR) is 83.5 cm³/mol. The van der Waals surface area contributed by atoms with Crippen molar-refractivity contribution in [3.63, 3.8) is 0 Å². The van der Waals surface area contributed by atoms with E-state index < -0.39 is 0 Å². The lowest BCUT2D eigenvalue weighted by Crippen LogP contribution is -2.26. The number of piperidine rings is 1. The van der Waals surface area contributed by atoms with Crippen LogP contribution in [0.3, 0.4) is 0 Å². The van der Waals surface area contributed by atoms with Crippen LogP contribution in [0.1, 0.15) is 29.3 Å². The minimum absolute atomic E-state index is 0.0470. The Morgan fingerprint density at radius 3 is 2.76 bits per heavy atom. The second-order valence-electron chi connectivity index (χ2n) is 5.18. The number of aromatic nitrogens is 2. The van der Waals surface area contributed by atoms with Gasteiger partial charge in [-0.2, -0.15) is 0 Å². The van der Waals surface area contributed by atoms with Crippen LogP contribution in [0.2, 0.25) is 0 Å². The maximum atomic E-state index is 12.0. The molecular formula is C15H18N4OS. The van der Waals surface area contributed by atoms with Crippen LogP contribution in [0.25, 0.3) is 0 Å². The first-order valence-corrected chi connectivity index (χ1v) is 8.01. The molecule has 0 spiro atoms. The molecule has 0 unspecified atom stereocenters. The van der Waals surface area contributed by atoms with Gasteiger partial charge in [0.2, 0.25) is 11.0 Å². The highest BCUT2D eigenvalue weighted by atomic mass is 32.1. The third-order valence-electron chi connectivity index (χ3n) is 3.58. The van der Waals surface area contributed by atoms with E-state index in [4.69, 9.17) is 0 Å². The number of carbonyl (C=O) groups excluding carboxylic acids is 1. The van der Waals surface area contributed by atoms with Gasteiger partial charge in [-0.3, -0.25) is 4.79 Å². The van der Waals surface area contributed by atoms with Crippen LogP contribution in [0.5, 0.6) is 0 Å². The molecule has 0 atom stereocenters. The molecule has 0 radical (unpaired) electrons. The predicted octanol–water partition coefficient (Wildman–Crippen LogP) is 2.19. The molecule has 0 aliphatic carbocycles. The summed E-state index contributed by atoms with van der Waals surface area (Å²) in [5.74, 6) is 0.428. The molecule has 21 heavy (non-hydrogen) atoms. The molecule has 1 aromatic heterocycles. The van der Waals surface area contributed by atoms with Gasteiger partial charge in [-0.25, -0.2) is 0 Å². The second kappa shape index (κ2) is 6.78. The van der Waals surface area contributed by atoms with Crippen LogP contribution < -0.4 is 10.6 Å². The van der Waals surface area contributed by atoms with Gasteiger partial charge in [-0.05, 0) is 31.5 Å². The molecule has 110 valence electrons. The second-order valence-corrected chi connectivity index (χ2v) is 6.19. The summed E-state index contributed by atoms with van der Waals surface area (Å²) in [4.78, 5) is 12.0. The van der Waals surface area contributed by atoms with Crippen molar-refractivity contribution in [2.45, 2.75) is 25.2 Å². The van der Waals surface area contributed by atoms with Gasteiger partial charge in [0.05, 0.1) is 6.42 Å². The highest BCUT2D eigenvalue weighted by Crippen LogP contribution is 2.29. The summed E-state index contributed by atoms with van der Waals surface area (Å²) in [5.41, 5.74) is 0.998. The van der Waals surface area contributed by atoms with Gasteiger partial charge in [-0.15, -0.1) is 10.2 Å². The standard InChI is InChI=1S/C15H18N4OS/c20-13(10-11-4-2-1-3-5-11)17-15-19-18-14(21-15)12-6-8-16-9-7-12/h1-5,12,16H,6-10H2,(H,17,19,20). The van der Waals surface area contributed by atoms with E-state index >= 15 is 0 Å². The lowest BCUT2D eigenvalue weighted by Gasteiger charge is -2.19. The number of hydrogen-bond donors (Lipinski definition) is 2. The minimum Gasteiger partial charge on any atom is -0.317 e. The first-order chi connectivity index (χ1) is 10.3. The molecule has 1 aliphatic heterocycles. The lowest BCUT2D eigenvalue weighted by molar-refractivity contribution is -0.115. The minimum atomic E-state index is -0.0470. The molecule has 2 N–H and O–H groups in total. The van der Waals surface area contributed by atoms with E-state index in [0.717, 1.165) is 36.5 Å². The molecule has 2 aromatic rings. The van der Waals surface area contributed by atoms with E-state index in [9.17, 15) is 4.79 Å². The van der Waals surface area contributed by atoms with Crippen LogP contribution in [0.4, 0.5) is 5.13 Å². The highest BCUT2D eigenvalue weighted by molar-refractivity contribution is 7.15. The van der Waals surface area contributed by atoms with Gasteiger partial charge < -0.3 is 10.6 Å². The zero-order valence-electron chi connectivity index (χ0n) is 11.7. The zero-order valence-corrected chi connectivity index (χ0v) is 12.5. The third-order valence-corrected chi connectivity index (χ3v) is 4.58. The summed E-state index contributed by atoms with van der Waals surface area (Å²) in [6.07, 6.45) is 2.54. The van der Waals surface area contributed by atoms with E-state index in [2.05, 4.69) is 20.8 Å². The summed E-state index contributed by atoms with van der Waals surface area (Å²) in [5, 5.41) is 16.1. The normalized spacial score (nSPS) is 15.8. The van der Waals surface area contributed by atoms with Crippen LogP contribution in [0.15, 0.2) is 30.3 Å². The van der Waals surface area contributed by atoms with Crippen molar-refractivity contribution in [3.05, 3.63) is 40.9 Å². The summed E-state index contributed by atoms with van der Waals surface area (Å²) < 4.78 is 0. The van der Waals surface area contributed by atoms with Crippen molar-refractivity contribution in [1.82, 2.24) is 15.5 Å². The topological polar surface area (TPSA) is 66.9 Å². The quantitative estimate of drug-likeness (QED) is 0.908. The maximum absolute atomic E-state index is 12.0. The number of nitrogens with one attached hydrogen (secondary N) is 2. The molecule has 0 saturated carbocycles. The molecule has 1 saturated heterocycles. The van der Waals surface area contributed by atoms with E-state index in [0.29, 0.717) is 17.5 Å².